The lowest BCUT2D eigenvalue weighted by Crippen LogP contribution is -2.07. The minimum Gasteiger partial charge on any atom is -0.466 e. The van der Waals surface area contributed by atoms with E-state index in [9.17, 15) is 4.79 Å². The molecule has 160 valence electrons. The van der Waals surface area contributed by atoms with Gasteiger partial charge in [0.15, 0.2) is 0 Å². The lowest BCUT2D eigenvalue weighted by atomic mass is 10.1. The first kappa shape index (κ1) is 21.5. The van der Waals surface area contributed by atoms with E-state index < -0.39 is 0 Å². The molecule has 6 heteroatoms. The molecule has 3 aromatic carbocycles. The van der Waals surface area contributed by atoms with Crippen LogP contribution in [0.5, 0.6) is 11.5 Å². The van der Waals surface area contributed by atoms with Gasteiger partial charge in [0.1, 0.15) is 11.5 Å². The third kappa shape index (κ3) is 5.72. The molecule has 1 aliphatic rings. The Labute approximate surface area is 192 Å². The summed E-state index contributed by atoms with van der Waals surface area (Å²) in [7, 11) is 0. The maximum Gasteiger partial charge on any atom is 0.309 e. The number of ether oxygens (including phenoxy) is 2. The first-order valence-electron chi connectivity index (χ1n) is 10.2. The topological polar surface area (TPSA) is 47.6 Å². The van der Waals surface area contributed by atoms with Crippen molar-refractivity contribution in [1.82, 2.24) is 0 Å². The molecule has 2 atom stereocenters. The number of hydrogen-bond donors (Lipinski definition) is 1. The molecule has 0 amide bonds. The van der Waals surface area contributed by atoms with Crippen molar-refractivity contribution in [3.63, 3.8) is 0 Å². The highest BCUT2D eigenvalue weighted by molar-refractivity contribution is 6.34. The molecular weight excluding hydrogens is 433 g/mol. The number of hydrogen-bond acceptors (Lipinski definition) is 4. The van der Waals surface area contributed by atoms with Crippen LogP contribution in [0.3, 0.4) is 0 Å². The van der Waals surface area contributed by atoms with Crippen molar-refractivity contribution in [1.29, 1.82) is 0 Å². The number of esters is 1. The van der Waals surface area contributed by atoms with Gasteiger partial charge in [-0.05, 0) is 72.9 Å². The molecule has 1 saturated carbocycles. The maximum absolute atomic E-state index is 11.8. The fraction of sp³-hybridized carbons (Fsp3) is 0.240. The molecule has 4 nitrogen and oxygen atoms in total. The van der Waals surface area contributed by atoms with Gasteiger partial charge in [-0.1, -0.05) is 47.5 Å². The smallest absolute Gasteiger partial charge is 0.309 e. The summed E-state index contributed by atoms with van der Waals surface area (Å²) in [5.41, 5.74) is 3.28. The highest BCUT2D eigenvalue weighted by Crippen LogP contribution is 2.48. The van der Waals surface area contributed by atoms with Crippen LogP contribution in [-0.4, -0.2) is 12.6 Å². The third-order valence-corrected chi connectivity index (χ3v) is 5.62. The second-order valence-corrected chi connectivity index (χ2v) is 8.40. The van der Waals surface area contributed by atoms with Gasteiger partial charge in [0, 0.05) is 22.3 Å². The average Bonchev–Trinajstić information content (AvgIpc) is 3.53. The van der Waals surface area contributed by atoms with Gasteiger partial charge in [-0.15, -0.1) is 0 Å². The molecule has 0 radical (unpaired) electrons. The van der Waals surface area contributed by atoms with Gasteiger partial charge >= 0.3 is 5.97 Å². The Kier molecular flexibility index (Phi) is 6.69. The number of rotatable bonds is 8. The number of halogens is 2. The molecule has 1 aliphatic carbocycles. The molecule has 2 unspecified atom stereocenters. The SMILES string of the molecule is CCOC(=O)C1CC1c1ccc(NCc2cccc(Oc3cc(Cl)cc(Cl)c3)c2)cc1. The van der Waals surface area contributed by atoms with Crippen LogP contribution in [-0.2, 0) is 16.1 Å². The van der Waals surface area contributed by atoms with Crippen molar-refractivity contribution in [2.45, 2.75) is 25.8 Å². The molecule has 0 aromatic heterocycles. The highest BCUT2D eigenvalue weighted by Gasteiger charge is 2.44. The van der Waals surface area contributed by atoms with Crippen LogP contribution in [0.1, 0.15) is 30.4 Å². The van der Waals surface area contributed by atoms with Crippen LogP contribution in [0.25, 0.3) is 0 Å². The van der Waals surface area contributed by atoms with Gasteiger partial charge < -0.3 is 14.8 Å². The van der Waals surface area contributed by atoms with E-state index in [2.05, 4.69) is 17.4 Å². The van der Waals surface area contributed by atoms with Crippen molar-refractivity contribution < 1.29 is 14.3 Å². The zero-order chi connectivity index (χ0) is 21.8. The lowest BCUT2D eigenvalue weighted by Gasteiger charge is -2.11. The Morgan fingerprint density at radius 3 is 2.45 bits per heavy atom. The van der Waals surface area contributed by atoms with Gasteiger partial charge in [-0.2, -0.15) is 0 Å². The Hall–Kier alpha value is -2.69. The minimum absolute atomic E-state index is 0.0101. The van der Waals surface area contributed by atoms with E-state index in [1.807, 2.05) is 43.3 Å². The summed E-state index contributed by atoms with van der Waals surface area (Å²) < 4.78 is 11.0. The lowest BCUT2D eigenvalue weighted by molar-refractivity contribution is -0.144. The first-order valence-corrected chi connectivity index (χ1v) is 11.0. The molecule has 31 heavy (non-hydrogen) atoms. The van der Waals surface area contributed by atoms with Crippen LogP contribution in [0.4, 0.5) is 5.69 Å². The zero-order valence-corrected chi connectivity index (χ0v) is 18.6. The third-order valence-electron chi connectivity index (χ3n) is 5.19. The van der Waals surface area contributed by atoms with E-state index in [1.165, 1.54) is 5.56 Å². The van der Waals surface area contributed by atoms with Crippen LogP contribution >= 0.6 is 23.2 Å². The summed E-state index contributed by atoms with van der Waals surface area (Å²) in [5.74, 6) is 1.51. The van der Waals surface area contributed by atoms with Crippen molar-refractivity contribution in [3.05, 3.63) is 87.9 Å². The molecule has 0 heterocycles. The Morgan fingerprint density at radius 1 is 1.00 bits per heavy atom. The van der Waals surface area contributed by atoms with Crippen molar-refractivity contribution in [3.8, 4) is 11.5 Å². The molecule has 3 aromatic rings. The van der Waals surface area contributed by atoms with E-state index in [1.54, 1.807) is 18.2 Å². The molecule has 4 rings (SSSR count). The zero-order valence-electron chi connectivity index (χ0n) is 17.1. The molecule has 1 fully saturated rings. The fourth-order valence-electron chi connectivity index (χ4n) is 3.57. The van der Waals surface area contributed by atoms with Crippen molar-refractivity contribution >= 4 is 34.9 Å². The molecule has 0 bridgehead atoms. The van der Waals surface area contributed by atoms with E-state index in [-0.39, 0.29) is 17.8 Å². The van der Waals surface area contributed by atoms with Crippen LogP contribution < -0.4 is 10.1 Å². The average molecular weight is 456 g/mol. The summed E-state index contributed by atoms with van der Waals surface area (Å²) in [5, 5.41) is 4.48. The summed E-state index contributed by atoms with van der Waals surface area (Å²) in [4.78, 5) is 11.8. The van der Waals surface area contributed by atoms with Gasteiger partial charge in [-0.3, -0.25) is 4.79 Å². The van der Waals surface area contributed by atoms with Crippen LogP contribution in [0, 0.1) is 5.92 Å². The van der Waals surface area contributed by atoms with Crippen LogP contribution in [0.15, 0.2) is 66.7 Å². The Bertz CT molecular complexity index is 1050. The predicted octanol–water partition coefficient (Wildman–Crippen LogP) is 7.06. The molecule has 0 saturated heterocycles. The molecular formula is C25H23Cl2NO3. The van der Waals surface area contributed by atoms with E-state index in [0.29, 0.717) is 34.7 Å². The summed E-state index contributed by atoms with van der Waals surface area (Å²) in [6.07, 6.45) is 0.871. The number of nitrogens with one attached hydrogen (secondary N) is 1. The molecule has 0 spiro atoms. The van der Waals surface area contributed by atoms with Gasteiger partial charge in [0.05, 0.1) is 12.5 Å². The second kappa shape index (κ2) is 9.63. The van der Waals surface area contributed by atoms with E-state index in [0.717, 1.165) is 17.7 Å². The van der Waals surface area contributed by atoms with Crippen molar-refractivity contribution in [2.24, 2.45) is 5.92 Å². The number of benzene rings is 3. The minimum atomic E-state index is -0.0863. The summed E-state index contributed by atoms with van der Waals surface area (Å²) in [6, 6.07) is 21.2. The van der Waals surface area contributed by atoms with Crippen LogP contribution in [0.2, 0.25) is 10.0 Å². The second-order valence-electron chi connectivity index (χ2n) is 7.53. The van der Waals surface area contributed by atoms with E-state index in [4.69, 9.17) is 32.7 Å². The standard InChI is InChI=1S/C25H23Cl2NO3/c1-2-30-25(29)24-14-23(24)17-6-8-20(9-7-17)28-15-16-4-3-5-21(10-16)31-22-12-18(26)11-19(27)13-22/h3-13,23-24,28H,2,14-15H2,1H3. The normalized spacial score (nSPS) is 17.1. The molecule has 1 N–H and O–H groups in total. The quantitative estimate of drug-likeness (QED) is 0.369. The monoisotopic (exact) mass is 455 g/mol. The fourth-order valence-corrected chi connectivity index (χ4v) is 4.07. The maximum atomic E-state index is 11.8. The predicted molar refractivity (Wildman–Crippen MR) is 124 cm³/mol. The Balaban J connectivity index is 1.33. The summed E-state index contributed by atoms with van der Waals surface area (Å²) >= 11 is 12.1. The largest absolute Gasteiger partial charge is 0.466 e. The van der Waals surface area contributed by atoms with Gasteiger partial charge in [-0.25, -0.2) is 0 Å². The number of carbonyl (C=O) groups is 1. The van der Waals surface area contributed by atoms with Gasteiger partial charge in [0.25, 0.3) is 0 Å². The summed E-state index contributed by atoms with van der Waals surface area (Å²) in [6.45, 7) is 2.93. The van der Waals surface area contributed by atoms with Gasteiger partial charge in [0.2, 0.25) is 0 Å². The Morgan fingerprint density at radius 2 is 1.74 bits per heavy atom. The first-order chi connectivity index (χ1) is 15.0. The number of carbonyl (C=O) groups excluding carboxylic acids is 1. The highest BCUT2D eigenvalue weighted by atomic mass is 35.5. The van der Waals surface area contributed by atoms with E-state index >= 15 is 0 Å². The number of anilines is 1. The molecule has 0 aliphatic heterocycles. The van der Waals surface area contributed by atoms with Crippen molar-refractivity contribution in [2.75, 3.05) is 11.9 Å².